The van der Waals surface area contributed by atoms with Crippen LogP contribution in [-0.4, -0.2) is 74.3 Å². The number of unbranched alkanes of at least 4 members (excludes halogenated alkanes) is 35. The molecule has 1 amide bonds. The fourth-order valence-electron chi connectivity index (χ4n) is 9.40. The lowest BCUT2D eigenvalue weighted by Gasteiger charge is -2.27. The summed E-state index contributed by atoms with van der Waals surface area (Å²) >= 11 is 0. The molecule has 0 aliphatic carbocycles. The predicted octanol–water partition coefficient (Wildman–Crippen LogP) is 20.2. The van der Waals surface area contributed by atoms with Gasteiger partial charge in [0.2, 0.25) is 5.91 Å². The molecule has 0 heterocycles. The first-order valence-electron chi connectivity index (χ1n) is 32.6. The van der Waals surface area contributed by atoms with Gasteiger partial charge in [0, 0.05) is 12.8 Å². The first-order chi connectivity index (χ1) is 37.4. The van der Waals surface area contributed by atoms with E-state index in [1.807, 2.05) is 33.3 Å². The summed E-state index contributed by atoms with van der Waals surface area (Å²) in [7, 11) is 1.48. The van der Waals surface area contributed by atoms with Gasteiger partial charge in [-0.15, -0.1) is 0 Å². The van der Waals surface area contributed by atoms with E-state index in [1.54, 1.807) is 0 Å². The minimum atomic E-state index is -4.46. The minimum Gasteiger partial charge on any atom is -0.456 e. The standard InChI is InChI=1S/C67H125N2O7P/c1-7-10-13-16-19-22-25-28-30-32-34-36-38-41-44-47-50-53-56-59-66(70)68-64(63-75-77(72,73)74-62-61-69(4,5)6)65(58-55-52-49-46-43-40-27-24-21-18-15-12-9-3)76-67(71)60-57-54-51-48-45-42-39-37-35-33-31-29-26-23-20-17-14-11-8-2/h20,23,29,31,35,37,42,45,55,58,64-65H,7-19,21-22,24-28,30,32-34,36,38-41,43-44,46-54,56-57,59-63H2,1-6H3,(H-,68,70,72,73)/p+1/b23-20-,31-29-,37-35-,45-42-,58-55+. The van der Waals surface area contributed by atoms with E-state index in [2.05, 4.69) is 74.7 Å². The Balaban J connectivity index is 5.29. The molecule has 3 atom stereocenters. The van der Waals surface area contributed by atoms with E-state index in [4.69, 9.17) is 13.8 Å². The van der Waals surface area contributed by atoms with Crippen LogP contribution in [0.3, 0.4) is 0 Å². The second-order valence-electron chi connectivity index (χ2n) is 23.3. The van der Waals surface area contributed by atoms with Crippen LogP contribution >= 0.6 is 7.82 Å². The third kappa shape index (κ3) is 58.2. The van der Waals surface area contributed by atoms with Crippen LogP contribution in [-0.2, 0) is 27.9 Å². The number of nitrogens with zero attached hydrogens (tertiary/aromatic N) is 1. The molecule has 0 bridgehead atoms. The van der Waals surface area contributed by atoms with Gasteiger partial charge in [-0.1, -0.05) is 275 Å². The molecule has 9 nitrogen and oxygen atoms in total. The molecule has 0 aliphatic heterocycles. The number of hydrogen-bond donors (Lipinski definition) is 2. The fraction of sp³-hybridized carbons (Fsp3) is 0.821. The van der Waals surface area contributed by atoms with Crippen molar-refractivity contribution < 1.29 is 37.3 Å². The lowest BCUT2D eigenvalue weighted by Crippen LogP contribution is -2.47. The van der Waals surface area contributed by atoms with Crippen molar-refractivity contribution in [2.24, 2.45) is 0 Å². The van der Waals surface area contributed by atoms with Crippen molar-refractivity contribution in [2.45, 2.75) is 315 Å². The van der Waals surface area contributed by atoms with Crippen LogP contribution in [0.2, 0.25) is 0 Å². The summed E-state index contributed by atoms with van der Waals surface area (Å²) in [6.45, 7) is 7.00. The fourth-order valence-corrected chi connectivity index (χ4v) is 10.1. The maximum atomic E-state index is 13.6. The van der Waals surface area contributed by atoms with Gasteiger partial charge in [0.15, 0.2) is 0 Å². The van der Waals surface area contributed by atoms with Crippen molar-refractivity contribution in [1.82, 2.24) is 5.32 Å². The van der Waals surface area contributed by atoms with Gasteiger partial charge >= 0.3 is 13.8 Å². The lowest BCUT2D eigenvalue weighted by molar-refractivity contribution is -0.870. The zero-order valence-corrected chi connectivity index (χ0v) is 52.3. The number of ether oxygens (including phenoxy) is 1. The number of quaternary nitrogens is 1. The summed E-state index contributed by atoms with van der Waals surface area (Å²) in [5, 5.41) is 3.06. The van der Waals surface area contributed by atoms with Crippen LogP contribution < -0.4 is 5.32 Å². The molecule has 0 spiro atoms. The van der Waals surface area contributed by atoms with Crippen LogP contribution in [0.4, 0.5) is 0 Å². The number of carbonyl (C=O) groups is 2. The van der Waals surface area contributed by atoms with Gasteiger partial charge in [-0.25, -0.2) is 4.57 Å². The summed E-state index contributed by atoms with van der Waals surface area (Å²) in [4.78, 5) is 37.8. The number of likely N-dealkylation sites (N-methyl/N-ethyl adjacent to an activating group) is 1. The number of carbonyl (C=O) groups excluding carboxylic acids is 2. The molecule has 0 aromatic rings. The average molecular weight is 1100 g/mol. The van der Waals surface area contributed by atoms with Crippen LogP contribution in [0.25, 0.3) is 0 Å². The molecule has 2 N–H and O–H groups in total. The summed E-state index contributed by atoms with van der Waals surface area (Å²) in [6.07, 6.45) is 72.2. The van der Waals surface area contributed by atoms with Gasteiger partial charge in [-0.05, 0) is 76.7 Å². The highest BCUT2D eigenvalue weighted by Crippen LogP contribution is 2.43. The van der Waals surface area contributed by atoms with Crippen molar-refractivity contribution in [1.29, 1.82) is 0 Å². The number of nitrogens with one attached hydrogen (secondary N) is 1. The van der Waals surface area contributed by atoms with Gasteiger partial charge in [0.1, 0.15) is 19.3 Å². The Labute approximate surface area is 477 Å². The molecule has 0 radical (unpaired) electrons. The molecule has 450 valence electrons. The van der Waals surface area contributed by atoms with Gasteiger partial charge in [-0.2, -0.15) is 0 Å². The highest BCUT2D eigenvalue weighted by molar-refractivity contribution is 7.47. The van der Waals surface area contributed by atoms with Gasteiger partial charge in [0.05, 0.1) is 33.8 Å². The number of phosphoric acid groups is 1. The number of amides is 1. The van der Waals surface area contributed by atoms with Crippen LogP contribution in [0, 0.1) is 0 Å². The quantitative estimate of drug-likeness (QED) is 0.0205. The van der Waals surface area contributed by atoms with E-state index in [1.165, 1.54) is 186 Å². The first-order valence-corrected chi connectivity index (χ1v) is 34.1. The number of rotatable bonds is 59. The van der Waals surface area contributed by atoms with E-state index in [0.717, 1.165) is 77.0 Å². The number of hydrogen-bond acceptors (Lipinski definition) is 6. The highest BCUT2D eigenvalue weighted by Gasteiger charge is 2.30. The van der Waals surface area contributed by atoms with E-state index in [-0.39, 0.29) is 31.5 Å². The predicted molar refractivity (Wildman–Crippen MR) is 332 cm³/mol. The maximum absolute atomic E-state index is 13.6. The molecule has 0 saturated heterocycles. The summed E-state index contributed by atoms with van der Waals surface area (Å²) < 4.78 is 30.7. The largest absolute Gasteiger partial charge is 0.472 e. The van der Waals surface area contributed by atoms with E-state index >= 15 is 0 Å². The minimum absolute atomic E-state index is 0.0351. The zero-order chi connectivity index (χ0) is 56.4. The Morgan fingerprint density at radius 1 is 0.455 bits per heavy atom. The molecular formula is C67H126N2O7P+. The van der Waals surface area contributed by atoms with E-state index in [0.29, 0.717) is 23.9 Å². The summed E-state index contributed by atoms with van der Waals surface area (Å²) in [5.74, 6) is -0.530. The molecule has 0 saturated carbocycles. The van der Waals surface area contributed by atoms with Crippen LogP contribution in [0.5, 0.6) is 0 Å². The molecular weight excluding hydrogens is 976 g/mol. The molecule has 0 aliphatic rings. The van der Waals surface area contributed by atoms with E-state index < -0.39 is 20.0 Å². The van der Waals surface area contributed by atoms with Crippen molar-refractivity contribution in [2.75, 3.05) is 40.9 Å². The molecule has 10 heteroatoms. The first kappa shape index (κ1) is 74.7. The molecule has 0 fully saturated rings. The molecule has 77 heavy (non-hydrogen) atoms. The van der Waals surface area contributed by atoms with Crippen molar-refractivity contribution >= 4 is 19.7 Å². The topological polar surface area (TPSA) is 111 Å². The SMILES string of the molecule is CCCCC/C=C\C/C=C\C/C=C\C/C=C\CCCCCC(=O)OC(/C=C/CCCCCCCCCCCCC)C(COP(=O)(O)OCC[N+](C)(C)C)NC(=O)CCCCCCCCCCCCCCCCCCCCC. The van der Waals surface area contributed by atoms with Crippen molar-refractivity contribution in [3.63, 3.8) is 0 Å². The third-order valence-electron chi connectivity index (χ3n) is 14.5. The van der Waals surface area contributed by atoms with Crippen molar-refractivity contribution in [3.8, 4) is 0 Å². The summed E-state index contributed by atoms with van der Waals surface area (Å²) in [5.41, 5.74) is 0. The maximum Gasteiger partial charge on any atom is 0.472 e. The Kier molecular flexibility index (Phi) is 55.3. The smallest absolute Gasteiger partial charge is 0.456 e. The van der Waals surface area contributed by atoms with Crippen LogP contribution in [0.15, 0.2) is 60.8 Å². The zero-order valence-electron chi connectivity index (χ0n) is 51.5. The number of esters is 1. The average Bonchev–Trinajstić information content (AvgIpc) is 3.39. The monoisotopic (exact) mass is 1100 g/mol. The molecule has 0 aromatic heterocycles. The number of allylic oxidation sites excluding steroid dienone is 9. The summed E-state index contributed by atoms with van der Waals surface area (Å²) in [6, 6.07) is -0.861. The Morgan fingerprint density at radius 3 is 1.22 bits per heavy atom. The molecule has 0 aromatic carbocycles. The van der Waals surface area contributed by atoms with Gasteiger partial charge < -0.3 is 19.4 Å². The normalized spacial score (nSPS) is 14.0. The Morgan fingerprint density at radius 2 is 0.792 bits per heavy atom. The second-order valence-corrected chi connectivity index (χ2v) is 24.7. The van der Waals surface area contributed by atoms with E-state index in [9.17, 15) is 19.0 Å². The van der Waals surface area contributed by atoms with Gasteiger partial charge in [-0.3, -0.25) is 18.6 Å². The second kappa shape index (κ2) is 57.0. The Hall–Kier alpha value is -2.29. The molecule has 3 unspecified atom stereocenters. The number of phosphoric ester groups is 1. The van der Waals surface area contributed by atoms with Gasteiger partial charge in [0.25, 0.3) is 0 Å². The Bertz CT molecular complexity index is 1500. The van der Waals surface area contributed by atoms with Crippen molar-refractivity contribution in [3.05, 3.63) is 60.8 Å². The highest BCUT2D eigenvalue weighted by atomic mass is 31.2. The molecule has 0 rings (SSSR count). The van der Waals surface area contributed by atoms with Crippen LogP contribution in [0.1, 0.15) is 303 Å². The third-order valence-corrected chi connectivity index (χ3v) is 15.4. The lowest BCUT2D eigenvalue weighted by atomic mass is 10.0.